The molecule has 0 radical (unpaired) electrons. The molecule has 2 amide bonds. The lowest BCUT2D eigenvalue weighted by Crippen LogP contribution is -2.45. The Balaban J connectivity index is 3.21. The van der Waals surface area contributed by atoms with Crippen LogP contribution >= 0.6 is 12.6 Å². The number of nitrogens with one attached hydrogen (secondary N) is 1. The Morgan fingerprint density at radius 1 is 0.700 bits per heavy atom. The number of carbonyl (C=O) groups is 2. The highest BCUT2D eigenvalue weighted by Crippen LogP contribution is 1.91. The number of hydrogen-bond donors (Lipinski definition) is 4. The zero-order valence-corrected chi connectivity index (χ0v) is 18.4. The van der Waals surface area contributed by atoms with E-state index >= 15 is 0 Å². The Kier molecular flexibility index (Phi) is 21.9. The summed E-state index contributed by atoms with van der Waals surface area (Å²) in [5.41, 5.74) is 10.4. The number of amides is 2. The predicted octanol–water partition coefficient (Wildman–Crippen LogP) is -1.67. The maximum Gasteiger partial charge on any atom is 0.240 e. The summed E-state index contributed by atoms with van der Waals surface area (Å²) in [5, 5.41) is 2.48. The SMILES string of the molecule is NCCOCCOCCOCCOCCOCCOCCC(=O)NC(CS)C(N)=O. The van der Waals surface area contributed by atoms with Gasteiger partial charge in [0.15, 0.2) is 0 Å². The molecule has 1 unspecified atom stereocenters. The highest BCUT2D eigenvalue weighted by atomic mass is 32.1. The molecule has 0 saturated heterocycles. The molecule has 0 aromatic carbocycles. The third kappa shape index (κ3) is 20.3. The normalized spacial score (nSPS) is 12.1. The molecule has 0 bridgehead atoms. The fourth-order valence-corrected chi connectivity index (χ4v) is 2.19. The van der Waals surface area contributed by atoms with Gasteiger partial charge in [-0.1, -0.05) is 0 Å². The van der Waals surface area contributed by atoms with Gasteiger partial charge >= 0.3 is 0 Å². The minimum atomic E-state index is -0.769. The van der Waals surface area contributed by atoms with Crippen LogP contribution in [-0.4, -0.2) is 109 Å². The summed E-state index contributed by atoms with van der Waals surface area (Å²) in [6, 6.07) is -0.769. The smallest absolute Gasteiger partial charge is 0.240 e. The zero-order chi connectivity index (χ0) is 22.3. The molecule has 0 aliphatic carbocycles. The van der Waals surface area contributed by atoms with E-state index < -0.39 is 11.9 Å². The molecule has 0 saturated carbocycles. The molecule has 1 atom stereocenters. The molecule has 0 rings (SSSR count). The van der Waals surface area contributed by atoms with Gasteiger partial charge < -0.3 is 45.2 Å². The molecule has 0 aromatic heterocycles. The molecular weight excluding hydrogens is 418 g/mol. The minimum Gasteiger partial charge on any atom is -0.379 e. The van der Waals surface area contributed by atoms with Gasteiger partial charge in [0.25, 0.3) is 0 Å². The van der Waals surface area contributed by atoms with E-state index in [0.717, 1.165) is 0 Å². The molecule has 0 aliphatic rings. The van der Waals surface area contributed by atoms with Crippen LogP contribution in [0.4, 0.5) is 0 Å². The Hall–Kier alpha value is -0.990. The van der Waals surface area contributed by atoms with Crippen molar-refractivity contribution < 1.29 is 38.0 Å². The third-order valence-electron chi connectivity index (χ3n) is 3.46. The first kappa shape index (κ1) is 29.0. The van der Waals surface area contributed by atoms with Gasteiger partial charge in [-0.2, -0.15) is 12.6 Å². The van der Waals surface area contributed by atoms with E-state index in [0.29, 0.717) is 79.2 Å². The van der Waals surface area contributed by atoms with Crippen molar-refractivity contribution in [2.75, 3.05) is 91.6 Å². The summed E-state index contributed by atoms with van der Waals surface area (Å²) in [4.78, 5) is 22.6. The van der Waals surface area contributed by atoms with Crippen LogP contribution in [0.25, 0.3) is 0 Å². The first-order valence-electron chi connectivity index (χ1n) is 9.97. The van der Waals surface area contributed by atoms with Crippen LogP contribution in [0.1, 0.15) is 6.42 Å². The molecular formula is C18H37N3O8S. The van der Waals surface area contributed by atoms with Crippen LogP contribution in [0.2, 0.25) is 0 Å². The largest absolute Gasteiger partial charge is 0.379 e. The Labute approximate surface area is 183 Å². The first-order chi connectivity index (χ1) is 14.6. The van der Waals surface area contributed by atoms with Crippen LogP contribution in [-0.2, 0) is 38.0 Å². The highest BCUT2D eigenvalue weighted by molar-refractivity contribution is 7.80. The van der Waals surface area contributed by atoms with Gasteiger partial charge in [-0.15, -0.1) is 0 Å². The molecule has 12 heteroatoms. The van der Waals surface area contributed by atoms with E-state index in [4.69, 9.17) is 39.9 Å². The lowest BCUT2D eigenvalue weighted by molar-refractivity contribution is -0.127. The third-order valence-corrected chi connectivity index (χ3v) is 3.82. The lowest BCUT2D eigenvalue weighted by Gasteiger charge is -2.12. The minimum absolute atomic E-state index is 0.133. The topological polar surface area (TPSA) is 154 Å². The Morgan fingerprint density at radius 2 is 1.07 bits per heavy atom. The fraction of sp³-hybridized carbons (Fsp3) is 0.889. The van der Waals surface area contributed by atoms with Gasteiger partial charge in [0, 0.05) is 18.7 Å². The van der Waals surface area contributed by atoms with Crippen LogP contribution in [0.15, 0.2) is 0 Å². The van der Waals surface area contributed by atoms with Crippen molar-refractivity contribution in [2.45, 2.75) is 12.5 Å². The van der Waals surface area contributed by atoms with E-state index in [1.165, 1.54) is 0 Å². The van der Waals surface area contributed by atoms with Crippen LogP contribution in [0.3, 0.4) is 0 Å². The molecule has 0 fully saturated rings. The summed E-state index contributed by atoms with van der Waals surface area (Å²) in [6.07, 6.45) is 0.133. The lowest BCUT2D eigenvalue weighted by atomic mass is 10.3. The van der Waals surface area contributed by atoms with Gasteiger partial charge in [0.05, 0.1) is 79.3 Å². The molecule has 0 heterocycles. The van der Waals surface area contributed by atoms with Crippen molar-refractivity contribution in [1.29, 1.82) is 0 Å². The molecule has 178 valence electrons. The Bertz CT molecular complexity index is 421. The number of ether oxygens (including phenoxy) is 6. The molecule has 0 spiro atoms. The second kappa shape index (κ2) is 22.7. The number of nitrogens with two attached hydrogens (primary N) is 2. The van der Waals surface area contributed by atoms with Crippen LogP contribution in [0, 0.1) is 0 Å². The molecule has 11 nitrogen and oxygen atoms in total. The van der Waals surface area contributed by atoms with Crippen molar-refractivity contribution in [1.82, 2.24) is 5.32 Å². The maximum absolute atomic E-state index is 11.6. The van der Waals surface area contributed by atoms with Gasteiger partial charge in [0.1, 0.15) is 6.04 Å². The van der Waals surface area contributed by atoms with Crippen molar-refractivity contribution in [3.8, 4) is 0 Å². The summed E-state index contributed by atoms with van der Waals surface area (Å²) >= 11 is 3.95. The number of carbonyl (C=O) groups excluding carboxylic acids is 2. The average molecular weight is 456 g/mol. The van der Waals surface area contributed by atoms with Gasteiger partial charge in [-0.05, 0) is 0 Å². The quantitative estimate of drug-likeness (QED) is 0.105. The van der Waals surface area contributed by atoms with Gasteiger partial charge in [-0.25, -0.2) is 0 Å². The standard InChI is InChI=1S/C18H37N3O8S/c19-2-4-25-6-8-27-10-12-29-14-13-28-11-9-26-7-5-24-3-1-17(22)21-16(15-30)18(20)23/h16,30H,1-15,19H2,(H2,20,23)(H,21,22). The van der Waals surface area contributed by atoms with E-state index in [1.54, 1.807) is 0 Å². The molecule has 5 N–H and O–H groups in total. The van der Waals surface area contributed by atoms with E-state index in [2.05, 4.69) is 17.9 Å². The second-order valence-corrected chi connectivity index (χ2v) is 6.28. The van der Waals surface area contributed by atoms with E-state index in [1.807, 2.05) is 0 Å². The molecule has 0 aliphatic heterocycles. The second-order valence-electron chi connectivity index (χ2n) is 5.92. The predicted molar refractivity (Wildman–Crippen MR) is 114 cm³/mol. The summed E-state index contributed by atoms with van der Waals surface area (Å²) in [7, 11) is 0. The maximum atomic E-state index is 11.6. The highest BCUT2D eigenvalue weighted by Gasteiger charge is 2.15. The van der Waals surface area contributed by atoms with E-state index in [9.17, 15) is 9.59 Å². The Morgan fingerprint density at radius 3 is 1.40 bits per heavy atom. The van der Waals surface area contributed by atoms with Crippen LogP contribution in [0.5, 0.6) is 0 Å². The van der Waals surface area contributed by atoms with Crippen molar-refractivity contribution in [3.63, 3.8) is 0 Å². The molecule has 30 heavy (non-hydrogen) atoms. The number of primary amides is 1. The summed E-state index contributed by atoms with van der Waals surface area (Å²) in [6.45, 7) is 5.99. The van der Waals surface area contributed by atoms with Gasteiger partial charge in [0.2, 0.25) is 11.8 Å². The van der Waals surface area contributed by atoms with Crippen molar-refractivity contribution >= 4 is 24.4 Å². The number of hydrogen-bond acceptors (Lipinski definition) is 10. The fourth-order valence-electron chi connectivity index (χ4n) is 1.92. The first-order valence-corrected chi connectivity index (χ1v) is 10.6. The summed E-state index contributed by atoms with van der Waals surface area (Å²) in [5.74, 6) is -0.771. The number of thiol groups is 1. The van der Waals surface area contributed by atoms with Crippen molar-refractivity contribution in [2.24, 2.45) is 11.5 Å². The monoisotopic (exact) mass is 455 g/mol. The summed E-state index contributed by atoms with van der Waals surface area (Å²) < 4.78 is 31.9. The van der Waals surface area contributed by atoms with Gasteiger partial charge in [-0.3, -0.25) is 9.59 Å². The average Bonchev–Trinajstić information content (AvgIpc) is 2.73. The van der Waals surface area contributed by atoms with Crippen LogP contribution < -0.4 is 16.8 Å². The number of rotatable bonds is 23. The molecule has 0 aromatic rings. The zero-order valence-electron chi connectivity index (χ0n) is 17.6. The van der Waals surface area contributed by atoms with Crippen molar-refractivity contribution in [3.05, 3.63) is 0 Å². The van der Waals surface area contributed by atoms with E-state index in [-0.39, 0.29) is 24.7 Å².